The lowest BCUT2D eigenvalue weighted by atomic mass is 10.0. The summed E-state index contributed by atoms with van der Waals surface area (Å²) in [5, 5.41) is 3.35. The van der Waals surface area contributed by atoms with Gasteiger partial charge in [-0.2, -0.15) is 0 Å². The summed E-state index contributed by atoms with van der Waals surface area (Å²) in [6.07, 6.45) is 10.3. The van der Waals surface area contributed by atoms with E-state index < -0.39 is 0 Å². The van der Waals surface area contributed by atoms with Gasteiger partial charge in [0.05, 0.1) is 0 Å². The molecule has 23 heavy (non-hydrogen) atoms. The molecule has 1 atom stereocenters. The van der Waals surface area contributed by atoms with E-state index in [1.54, 1.807) is 0 Å². The van der Waals surface area contributed by atoms with Gasteiger partial charge in [-0.1, -0.05) is 63.3 Å². The summed E-state index contributed by atoms with van der Waals surface area (Å²) in [7, 11) is 0. The van der Waals surface area contributed by atoms with Gasteiger partial charge in [-0.25, -0.2) is 0 Å². The molecule has 0 aliphatic carbocycles. The molecule has 5 N–H and O–H groups in total. The third-order valence-corrected chi connectivity index (χ3v) is 4.15. The Morgan fingerprint density at radius 1 is 0.957 bits per heavy atom. The van der Waals surface area contributed by atoms with E-state index in [-0.39, 0.29) is 18.4 Å². The second-order valence-electron chi connectivity index (χ2n) is 6.21. The summed E-state index contributed by atoms with van der Waals surface area (Å²) in [5.41, 5.74) is 14.3. The van der Waals surface area contributed by atoms with Crippen molar-refractivity contribution >= 4 is 12.4 Å². The van der Waals surface area contributed by atoms with E-state index in [4.69, 9.17) is 11.5 Å². The molecule has 0 amide bonds. The lowest BCUT2D eigenvalue weighted by Gasteiger charge is -2.13. The smallest absolute Gasteiger partial charge is 0.0421 e. The van der Waals surface area contributed by atoms with Crippen molar-refractivity contribution in [1.82, 2.24) is 5.32 Å². The molecule has 0 heterocycles. The molecule has 1 unspecified atom stereocenters. The number of hydrogen-bond acceptors (Lipinski definition) is 3. The largest absolute Gasteiger partial charge is 0.330 e. The molecule has 0 fully saturated rings. The normalized spacial score (nSPS) is 12.0. The molecular formula is C19H36ClN3. The minimum Gasteiger partial charge on any atom is -0.330 e. The number of nitrogens with one attached hydrogen (secondary N) is 1. The molecule has 0 aliphatic heterocycles. The number of nitrogens with two attached hydrogens (primary N) is 2. The molecule has 0 aliphatic rings. The number of rotatable bonds is 13. The van der Waals surface area contributed by atoms with Gasteiger partial charge in [-0.3, -0.25) is 0 Å². The molecule has 1 rings (SSSR count). The zero-order valence-corrected chi connectivity index (χ0v) is 15.5. The van der Waals surface area contributed by atoms with Crippen molar-refractivity contribution in [2.24, 2.45) is 11.5 Å². The summed E-state index contributed by atoms with van der Waals surface area (Å²) >= 11 is 0. The fourth-order valence-electron chi connectivity index (χ4n) is 2.64. The van der Waals surface area contributed by atoms with Crippen LogP contribution in [0.5, 0.6) is 0 Å². The molecule has 0 aromatic heterocycles. The van der Waals surface area contributed by atoms with Crippen LogP contribution in [0.25, 0.3) is 0 Å². The first-order chi connectivity index (χ1) is 10.8. The highest BCUT2D eigenvalue weighted by Gasteiger charge is 2.05. The van der Waals surface area contributed by atoms with Crippen LogP contribution in [0.15, 0.2) is 24.3 Å². The summed E-state index contributed by atoms with van der Waals surface area (Å²) in [6.45, 7) is 4.76. The molecule has 4 heteroatoms. The monoisotopic (exact) mass is 341 g/mol. The average Bonchev–Trinajstić information content (AvgIpc) is 2.55. The molecule has 0 saturated carbocycles. The lowest BCUT2D eigenvalue weighted by Crippen LogP contribution is -2.28. The maximum atomic E-state index is 6.20. The maximum Gasteiger partial charge on any atom is 0.0421 e. The molecule has 1 aromatic carbocycles. The summed E-state index contributed by atoms with van der Waals surface area (Å²) in [6, 6.07) is 8.91. The van der Waals surface area contributed by atoms with Crippen molar-refractivity contribution in [3.63, 3.8) is 0 Å². The first-order valence-corrected chi connectivity index (χ1v) is 9.03. The third-order valence-electron chi connectivity index (χ3n) is 4.15. The Balaban J connectivity index is 0.00000484. The van der Waals surface area contributed by atoms with E-state index in [0.29, 0.717) is 0 Å². The average molecular weight is 342 g/mol. The molecule has 3 nitrogen and oxygen atoms in total. The first kappa shape index (κ1) is 22.4. The Morgan fingerprint density at radius 3 is 2.26 bits per heavy atom. The minimum atomic E-state index is 0. The second kappa shape index (κ2) is 14.9. The fraction of sp³-hybridized carbons (Fsp3) is 0.684. The van der Waals surface area contributed by atoms with Crippen molar-refractivity contribution in [1.29, 1.82) is 0 Å². The summed E-state index contributed by atoms with van der Waals surface area (Å²) in [4.78, 5) is 0. The van der Waals surface area contributed by atoms with E-state index in [9.17, 15) is 0 Å². The van der Waals surface area contributed by atoms with Crippen LogP contribution in [-0.2, 0) is 6.42 Å². The standard InChI is InChI=1S/C19H35N3.ClH/c1-2-3-4-5-6-7-9-17-10-12-18(13-11-17)19(21)16-22-15-8-14-20;/h10-13,19,22H,2-9,14-16,20-21H2,1H3;1H. The molecule has 0 radical (unpaired) electrons. The topological polar surface area (TPSA) is 64.1 Å². The Kier molecular flexibility index (Phi) is 14.6. The van der Waals surface area contributed by atoms with Gasteiger partial charge in [0.15, 0.2) is 0 Å². The van der Waals surface area contributed by atoms with Crippen LogP contribution < -0.4 is 16.8 Å². The fourth-order valence-corrected chi connectivity index (χ4v) is 2.64. The highest BCUT2D eigenvalue weighted by atomic mass is 35.5. The van der Waals surface area contributed by atoms with Gasteiger partial charge < -0.3 is 16.8 Å². The first-order valence-electron chi connectivity index (χ1n) is 9.03. The predicted molar refractivity (Wildman–Crippen MR) is 104 cm³/mol. The third kappa shape index (κ3) is 10.7. The molecule has 0 bridgehead atoms. The zero-order valence-electron chi connectivity index (χ0n) is 14.7. The Morgan fingerprint density at radius 2 is 1.61 bits per heavy atom. The second-order valence-corrected chi connectivity index (χ2v) is 6.21. The molecule has 134 valence electrons. The van der Waals surface area contributed by atoms with Gasteiger partial charge >= 0.3 is 0 Å². The van der Waals surface area contributed by atoms with Crippen LogP contribution in [0.3, 0.4) is 0 Å². The van der Waals surface area contributed by atoms with Crippen molar-refractivity contribution in [2.75, 3.05) is 19.6 Å². The van der Waals surface area contributed by atoms with E-state index in [0.717, 1.165) is 26.1 Å². The number of aryl methyl sites for hydroxylation is 1. The number of benzene rings is 1. The van der Waals surface area contributed by atoms with E-state index in [1.165, 1.54) is 56.1 Å². The molecule has 0 spiro atoms. The summed E-state index contributed by atoms with van der Waals surface area (Å²) in [5.74, 6) is 0. The quantitative estimate of drug-likeness (QED) is 0.476. The highest BCUT2D eigenvalue weighted by Crippen LogP contribution is 2.14. The predicted octanol–water partition coefficient (Wildman–Crippen LogP) is 3.95. The highest BCUT2D eigenvalue weighted by molar-refractivity contribution is 5.85. The number of unbranched alkanes of at least 4 members (excludes halogenated alkanes) is 5. The van der Waals surface area contributed by atoms with Crippen molar-refractivity contribution in [3.8, 4) is 0 Å². The van der Waals surface area contributed by atoms with E-state index in [2.05, 4.69) is 36.5 Å². The van der Waals surface area contributed by atoms with Crippen LogP contribution in [0.4, 0.5) is 0 Å². The van der Waals surface area contributed by atoms with Gasteiger partial charge in [0.2, 0.25) is 0 Å². The van der Waals surface area contributed by atoms with Crippen LogP contribution in [0.2, 0.25) is 0 Å². The van der Waals surface area contributed by atoms with Crippen molar-refractivity contribution in [2.45, 2.75) is 64.3 Å². The van der Waals surface area contributed by atoms with Gasteiger partial charge in [-0.05, 0) is 43.5 Å². The Hall–Kier alpha value is -0.610. The Labute approximate surface area is 149 Å². The SMILES string of the molecule is CCCCCCCCc1ccc(C(N)CNCCCN)cc1.Cl. The van der Waals surface area contributed by atoms with E-state index in [1.807, 2.05) is 0 Å². The number of halogens is 1. The maximum absolute atomic E-state index is 6.20. The van der Waals surface area contributed by atoms with Gasteiger partial charge in [0.25, 0.3) is 0 Å². The van der Waals surface area contributed by atoms with Gasteiger partial charge in [-0.15, -0.1) is 12.4 Å². The lowest BCUT2D eigenvalue weighted by molar-refractivity contribution is 0.585. The minimum absolute atomic E-state index is 0. The number of hydrogen-bond donors (Lipinski definition) is 3. The molecular weight excluding hydrogens is 306 g/mol. The van der Waals surface area contributed by atoms with Crippen molar-refractivity contribution < 1.29 is 0 Å². The molecule has 0 saturated heterocycles. The molecule has 1 aromatic rings. The van der Waals surface area contributed by atoms with E-state index >= 15 is 0 Å². The van der Waals surface area contributed by atoms with Crippen molar-refractivity contribution in [3.05, 3.63) is 35.4 Å². The van der Waals surface area contributed by atoms with Crippen LogP contribution >= 0.6 is 12.4 Å². The van der Waals surface area contributed by atoms with Crippen LogP contribution in [0, 0.1) is 0 Å². The van der Waals surface area contributed by atoms with Gasteiger partial charge in [0.1, 0.15) is 0 Å². The van der Waals surface area contributed by atoms with Crippen LogP contribution in [-0.4, -0.2) is 19.6 Å². The summed E-state index contributed by atoms with van der Waals surface area (Å²) < 4.78 is 0. The van der Waals surface area contributed by atoms with Crippen LogP contribution in [0.1, 0.15) is 69.0 Å². The Bertz CT molecular complexity index is 367. The van der Waals surface area contributed by atoms with Gasteiger partial charge in [0, 0.05) is 12.6 Å². The zero-order chi connectivity index (χ0) is 16.0.